The smallest absolute Gasteiger partial charge is 0.412 e. The Balaban J connectivity index is 2.60. The van der Waals surface area contributed by atoms with Gasteiger partial charge in [0, 0.05) is 6.04 Å². The Kier molecular flexibility index (Phi) is 3.04. The molecule has 1 fully saturated rings. The first-order chi connectivity index (χ1) is 6.31. The molecule has 0 saturated carbocycles. The standard InChI is InChI=1S/C10H19NO3/c1-7-5-6-8(12)11(7)9(13)14-10(2,3)4/h7-8,12H,5-6H2,1-4H3. The number of aliphatic hydroxyl groups is 1. The maximum Gasteiger partial charge on any atom is 0.412 e. The number of carbonyl (C=O) groups is 1. The number of amides is 1. The van der Waals surface area contributed by atoms with Crippen molar-refractivity contribution in [2.45, 2.75) is 58.4 Å². The van der Waals surface area contributed by atoms with Gasteiger partial charge in [-0.05, 0) is 40.5 Å². The fourth-order valence-electron chi connectivity index (χ4n) is 1.58. The summed E-state index contributed by atoms with van der Waals surface area (Å²) in [4.78, 5) is 13.0. The molecule has 0 bridgehead atoms. The van der Waals surface area contributed by atoms with Gasteiger partial charge < -0.3 is 9.84 Å². The van der Waals surface area contributed by atoms with Crippen LogP contribution in [0.15, 0.2) is 0 Å². The first-order valence-corrected chi connectivity index (χ1v) is 5.00. The fraction of sp³-hybridized carbons (Fsp3) is 0.900. The van der Waals surface area contributed by atoms with Crippen molar-refractivity contribution in [2.24, 2.45) is 0 Å². The molecular weight excluding hydrogens is 182 g/mol. The highest BCUT2D eigenvalue weighted by Crippen LogP contribution is 2.24. The highest BCUT2D eigenvalue weighted by Gasteiger charge is 2.35. The maximum atomic E-state index is 11.6. The zero-order valence-electron chi connectivity index (χ0n) is 9.28. The lowest BCUT2D eigenvalue weighted by atomic mass is 10.2. The summed E-state index contributed by atoms with van der Waals surface area (Å²) in [5.74, 6) is 0. The monoisotopic (exact) mass is 201 g/mol. The molecule has 1 saturated heterocycles. The number of hydrogen-bond acceptors (Lipinski definition) is 3. The molecule has 2 atom stereocenters. The third-order valence-corrected chi connectivity index (χ3v) is 2.24. The second-order valence-electron chi connectivity index (χ2n) is 4.79. The van der Waals surface area contributed by atoms with Gasteiger partial charge in [-0.15, -0.1) is 0 Å². The minimum absolute atomic E-state index is 0.0693. The van der Waals surface area contributed by atoms with E-state index in [0.29, 0.717) is 6.42 Å². The quantitative estimate of drug-likeness (QED) is 0.649. The molecule has 0 aromatic carbocycles. The zero-order valence-corrected chi connectivity index (χ0v) is 9.28. The highest BCUT2D eigenvalue weighted by atomic mass is 16.6. The van der Waals surface area contributed by atoms with Crippen LogP contribution in [-0.4, -0.2) is 34.0 Å². The van der Waals surface area contributed by atoms with E-state index in [-0.39, 0.29) is 6.04 Å². The SMILES string of the molecule is CC1CCC(O)N1C(=O)OC(C)(C)C. The fourth-order valence-corrected chi connectivity index (χ4v) is 1.58. The van der Waals surface area contributed by atoms with Crippen molar-refractivity contribution in [2.75, 3.05) is 0 Å². The van der Waals surface area contributed by atoms with Crippen molar-refractivity contribution in [3.8, 4) is 0 Å². The number of likely N-dealkylation sites (tertiary alicyclic amines) is 1. The van der Waals surface area contributed by atoms with Crippen molar-refractivity contribution in [3.63, 3.8) is 0 Å². The average molecular weight is 201 g/mol. The Labute approximate surface area is 84.8 Å². The number of ether oxygens (including phenoxy) is 1. The van der Waals surface area contributed by atoms with E-state index in [2.05, 4.69) is 0 Å². The molecule has 1 amide bonds. The second kappa shape index (κ2) is 3.77. The van der Waals surface area contributed by atoms with E-state index in [0.717, 1.165) is 6.42 Å². The predicted octanol–water partition coefficient (Wildman–Crippen LogP) is 1.72. The lowest BCUT2D eigenvalue weighted by Crippen LogP contribution is -2.43. The molecule has 1 rings (SSSR count). The number of aliphatic hydroxyl groups excluding tert-OH is 1. The van der Waals surface area contributed by atoms with Crippen LogP contribution in [0.1, 0.15) is 40.5 Å². The minimum Gasteiger partial charge on any atom is -0.444 e. The normalized spacial score (nSPS) is 27.9. The van der Waals surface area contributed by atoms with Crippen molar-refractivity contribution >= 4 is 6.09 Å². The molecule has 0 radical (unpaired) electrons. The minimum atomic E-state index is -0.681. The zero-order chi connectivity index (χ0) is 10.9. The van der Waals surface area contributed by atoms with E-state index in [1.165, 1.54) is 4.90 Å². The summed E-state index contributed by atoms with van der Waals surface area (Å²) in [5, 5.41) is 9.55. The van der Waals surface area contributed by atoms with E-state index in [1.807, 2.05) is 27.7 Å². The van der Waals surface area contributed by atoms with Crippen LogP contribution in [0.4, 0.5) is 4.79 Å². The Morgan fingerprint density at radius 2 is 2.00 bits per heavy atom. The van der Waals surface area contributed by atoms with Crippen LogP contribution >= 0.6 is 0 Å². The van der Waals surface area contributed by atoms with E-state index in [1.54, 1.807) is 0 Å². The molecule has 0 spiro atoms. The molecule has 4 heteroatoms. The van der Waals surface area contributed by atoms with Gasteiger partial charge in [0.15, 0.2) is 0 Å². The summed E-state index contributed by atoms with van der Waals surface area (Å²) in [5.41, 5.74) is -0.501. The lowest BCUT2D eigenvalue weighted by Gasteiger charge is -2.28. The van der Waals surface area contributed by atoms with Crippen LogP contribution in [0.5, 0.6) is 0 Å². The van der Waals surface area contributed by atoms with Gasteiger partial charge in [0.2, 0.25) is 0 Å². The molecule has 1 N–H and O–H groups in total. The van der Waals surface area contributed by atoms with Gasteiger partial charge in [-0.2, -0.15) is 0 Å². The molecule has 82 valence electrons. The van der Waals surface area contributed by atoms with Crippen LogP contribution < -0.4 is 0 Å². The van der Waals surface area contributed by atoms with Gasteiger partial charge in [0.05, 0.1) is 0 Å². The van der Waals surface area contributed by atoms with E-state index >= 15 is 0 Å². The molecule has 2 unspecified atom stereocenters. The van der Waals surface area contributed by atoms with Crippen LogP contribution in [-0.2, 0) is 4.74 Å². The third kappa shape index (κ3) is 2.61. The number of hydrogen-bond donors (Lipinski definition) is 1. The lowest BCUT2D eigenvalue weighted by molar-refractivity contribution is -0.0222. The Bertz CT molecular complexity index is 212. The van der Waals surface area contributed by atoms with Crippen molar-refractivity contribution in [1.82, 2.24) is 4.90 Å². The van der Waals surface area contributed by atoms with Crippen molar-refractivity contribution in [3.05, 3.63) is 0 Å². The molecule has 0 aromatic heterocycles. The van der Waals surface area contributed by atoms with Gasteiger partial charge in [-0.3, -0.25) is 4.90 Å². The summed E-state index contributed by atoms with van der Waals surface area (Å²) in [7, 11) is 0. The van der Waals surface area contributed by atoms with Gasteiger partial charge in [0.1, 0.15) is 11.8 Å². The molecule has 0 aliphatic carbocycles. The Morgan fingerprint density at radius 3 is 2.36 bits per heavy atom. The second-order valence-corrected chi connectivity index (χ2v) is 4.79. The molecule has 1 heterocycles. The van der Waals surface area contributed by atoms with Crippen LogP contribution in [0.3, 0.4) is 0 Å². The maximum absolute atomic E-state index is 11.6. The number of nitrogens with zero attached hydrogens (tertiary/aromatic N) is 1. The molecule has 14 heavy (non-hydrogen) atoms. The largest absolute Gasteiger partial charge is 0.444 e. The third-order valence-electron chi connectivity index (χ3n) is 2.24. The summed E-state index contributed by atoms with van der Waals surface area (Å²) in [6, 6.07) is 0.0693. The predicted molar refractivity (Wildman–Crippen MR) is 52.8 cm³/mol. The van der Waals surface area contributed by atoms with Gasteiger partial charge in [0.25, 0.3) is 0 Å². The highest BCUT2D eigenvalue weighted by molar-refractivity contribution is 5.69. The van der Waals surface area contributed by atoms with Gasteiger partial charge >= 0.3 is 6.09 Å². The van der Waals surface area contributed by atoms with E-state index in [9.17, 15) is 9.90 Å². The average Bonchev–Trinajstić information content (AvgIpc) is 2.27. The van der Waals surface area contributed by atoms with Crippen LogP contribution in [0.25, 0.3) is 0 Å². The topological polar surface area (TPSA) is 49.8 Å². The summed E-state index contributed by atoms with van der Waals surface area (Å²) < 4.78 is 5.19. The summed E-state index contributed by atoms with van der Waals surface area (Å²) in [6.45, 7) is 7.37. The van der Waals surface area contributed by atoms with E-state index < -0.39 is 17.9 Å². The molecule has 1 aliphatic heterocycles. The Morgan fingerprint density at radius 1 is 1.43 bits per heavy atom. The first kappa shape index (κ1) is 11.3. The molecule has 4 nitrogen and oxygen atoms in total. The molecule has 1 aliphatic rings. The van der Waals surface area contributed by atoms with Crippen molar-refractivity contribution < 1.29 is 14.6 Å². The van der Waals surface area contributed by atoms with Crippen LogP contribution in [0.2, 0.25) is 0 Å². The summed E-state index contributed by atoms with van der Waals surface area (Å²) >= 11 is 0. The first-order valence-electron chi connectivity index (χ1n) is 5.00. The summed E-state index contributed by atoms with van der Waals surface area (Å²) in [6.07, 6.45) is 0.371. The van der Waals surface area contributed by atoms with Gasteiger partial charge in [-0.1, -0.05) is 0 Å². The van der Waals surface area contributed by atoms with Crippen molar-refractivity contribution in [1.29, 1.82) is 0 Å². The van der Waals surface area contributed by atoms with Gasteiger partial charge in [-0.25, -0.2) is 4.79 Å². The Hall–Kier alpha value is -0.770. The van der Waals surface area contributed by atoms with Crippen LogP contribution in [0, 0.1) is 0 Å². The van der Waals surface area contributed by atoms with E-state index in [4.69, 9.17) is 4.74 Å². The number of carbonyl (C=O) groups excluding carboxylic acids is 1. The molecule has 0 aromatic rings. The molecular formula is C10H19NO3. The number of rotatable bonds is 0.